The summed E-state index contributed by atoms with van der Waals surface area (Å²) in [7, 11) is -4.99. The molecule has 1 fully saturated rings. The molecule has 2 aromatic rings. The first-order valence-corrected chi connectivity index (χ1v) is 7.87. The Balaban J connectivity index is 1.87. The van der Waals surface area contributed by atoms with Gasteiger partial charge in [0.25, 0.3) is 13.4 Å². The molecule has 0 bridgehead atoms. The molecule has 1 aliphatic rings. The molecule has 12 nitrogen and oxygen atoms in total. The number of H-pyrrole nitrogens is 1. The zero-order chi connectivity index (χ0) is 16.8. The van der Waals surface area contributed by atoms with Gasteiger partial charge < -0.3 is 34.2 Å². The molecule has 3 heterocycles. The summed E-state index contributed by atoms with van der Waals surface area (Å²) in [6.45, 7) is -0.688. The lowest BCUT2D eigenvalue weighted by Gasteiger charge is -2.20. The number of hydrogen-bond donors (Lipinski definition) is 4. The van der Waals surface area contributed by atoms with E-state index in [4.69, 9.17) is 9.63 Å². The van der Waals surface area contributed by atoms with Gasteiger partial charge in [-0.05, 0) is 0 Å². The summed E-state index contributed by atoms with van der Waals surface area (Å²) in [5, 5.41) is 20.0. The summed E-state index contributed by atoms with van der Waals surface area (Å²) in [4.78, 5) is 40.9. The maximum absolute atomic E-state index is 11.6. The number of fused-ring (bicyclic) bond motifs is 1. The van der Waals surface area contributed by atoms with Crippen LogP contribution in [0, 0.1) is 0 Å². The van der Waals surface area contributed by atoms with Gasteiger partial charge in [-0.2, -0.15) is 0 Å². The van der Waals surface area contributed by atoms with Gasteiger partial charge in [-0.3, -0.25) is 13.9 Å². The number of rotatable bonds is 4. The summed E-state index contributed by atoms with van der Waals surface area (Å²) >= 11 is 0. The number of imidazole rings is 1. The van der Waals surface area contributed by atoms with E-state index in [1.165, 1.54) is 10.9 Å². The summed E-state index contributed by atoms with van der Waals surface area (Å²) in [6.07, 6.45) is -2.98. The standard InChI is InChI=1S/C10H13N4O8P/c15-6-4(1-21-23(18,19)20)22-10(7(6)16)14-3-13-5-8(14)11-2-12-9(5)17/h2-4,6-7,10,15-16H,1H2,(H,11,12,17)(H2,18,19,20)/p-1/t4-,6-,7-,10-/m1/s1. The van der Waals surface area contributed by atoms with Crippen molar-refractivity contribution >= 4 is 19.0 Å². The van der Waals surface area contributed by atoms with Crippen LogP contribution in [-0.4, -0.2) is 59.5 Å². The average molecular weight is 347 g/mol. The fraction of sp³-hybridized carbons (Fsp3) is 0.500. The third kappa shape index (κ3) is 3.05. The molecule has 1 saturated heterocycles. The number of nitrogens with zero attached hydrogens (tertiary/aromatic N) is 3. The molecule has 1 aliphatic heterocycles. The Morgan fingerprint density at radius 2 is 2.17 bits per heavy atom. The van der Waals surface area contributed by atoms with Crippen LogP contribution in [-0.2, 0) is 13.8 Å². The first-order valence-electron chi connectivity index (χ1n) is 6.38. The molecule has 0 spiro atoms. The van der Waals surface area contributed by atoms with Crippen molar-refractivity contribution in [2.45, 2.75) is 24.5 Å². The molecule has 5 atom stereocenters. The van der Waals surface area contributed by atoms with E-state index in [1.54, 1.807) is 0 Å². The van der Waals surface area contributed by atoms with Crippen molar-refractivity contribution < 1.29 is 33.8 Å². The van der Waals surface area contributed by atoms with Crippen molar-refractivity contribution in [1.29, 1.82) is 0 Å². The highest BCUT2D eigenvalue weighted by Crippen LogP contribution is 2.35. The SMILES string of the molecule is O=c1[nH]cnc2c1ncn2[C@@H]1O[C@H](COP(=O)([O-])O)[C@@H](O)[C@H]1O. The summed E-state index contributed by atoms with van der Waals surface area (Å²) in [5.74, 6) is 0. The molecule has 4 N–H and O–H groups in total. The van der Waals surface area contributed by atoms with Gasteiger partial charge in [-0.1, -0.05) is 0 Å². The Morgan fingerprint density at radius 3 is 2.87 bits per heavy atom. The van der Waals surface area contributed by atoms with Crippen LogP contribution in [0.5, 0.6) is 0 Å². The van der Waals surface area contributed by atoms with Crippen LogP contribution in [0.3, 0.4) is 0 Å². The molecule has 0 aliphatic carbocycles. The molecule has 0 aromatic carbocycles. The summed E-state index contributed by atoms with van der Waals surface area (Å²) in [5.41, 5.74) is -0.366. The van der Waals surface area contributed by atoms with E-state index in [1.807, 2.05) is 0 Å². The average Bonchev–Trinajstić information content (AvgIpc) is 3.01. The molecule has 3 rings (SSSR count). The quantitative estimate of drug-likeness (QED) is 0.422. The topological polar surface area (TPSA) is 183 Å². The second-order valence-corrected chi connectivity index (χ2v) is 6.06. The summed E-state index contributed by atoms with van der Waals surface area (Å²) in [6, 6.07) is 0. The van der Waals surface area contributed by atoms with E-state index >= 15 is 0 Å². The van der Waals surface area contributed by atoms with E-state index in [2.05, 4.69) is 19.5 Å². The van der Waals surface area contributed by atoms with Crippen LogP contribution < -0.4 is 10.5 Å². The lowest BCUT2D eigenvalue weighted by atomic mass is 10.1. The fourth-order valence-electron chi connectivity index (χ4n) is 2.31. The van der Waals surface area contributed by atoms with Crippen LogP contribution in [0.25, 0.3) is 11.2 Å². The zero-order valence-electron chi connectivity index (χ0n) is 11.3. The monoisotopic (exact) mass is 347 g/mol. The van der Waals surface area contributed by atoms with Crippen LogP contribution in [0.2, 0.25) is 0 Å². The van der Waals surface area contributed by atoms with Crippen LogP contribution in [0.15, 0.2) is 17.4 Å². The highest BCUT2D eigenvalue weighted by molar-refractivity contribution is 7.44. The van der Waals surface area contributed by atoms with Crippen LogP contribution >= 0.6 is 7.82 Å². The fourth-order valence-corrected chi connectivity index (χ4v) is 2.65. The normalized spacial score (nSPS) is 30.6. The number of aromatic amines is 1. The first-order chi connectivity index (χ1) is 10.8. The minimum atomic E-state index is -4.99. The molecule has 126 valence electrons. The predicted octanol–water partition coefficient (Wildman–Crippen LogP) is -2.78. The smallest absolute Gasteiger partial charge is 0.278 e. The minimum Gasteiger partial charge on any atom is -0.756 e. The zero-order valence-corrected chi connectivity index (χ0v) is 12.2. The molecular formula is C10H12N4O8P-. The molecule has 0 radical (unpaired) electrons. The maximum atomic E-state index is 11.6. The van der Waals surface area contributed by atoms with Crippen LogP contribution in [0.1, 0.15) is 6.23 Å². The molecule has 0 saturated carbocycles. The minimum absolute atomic E-state index is 0.0110. The number of ether oxygens (including phenoxy) is 1. The number of phosphoric ester groups is 1. The van der Waals surface area contributed by atoms with Gasteiger partial charge in [-0.25, -0.2) is 9.97 Å². The largest absolute Gasteiger partial charge is 0.756 e. The molecule has 23 heavy (non-hydrogen) atoms. The highest BCUT2D eigenvalue weighted by atomic mass is 31.2. The first kappa shape index (κ1) is 16.2. The van der Waals surface area contributed by atoms with Gasteiger partial charge in [0.15, 0.2) is 17.4 Å². The van der Waals surface area contributed by atoms with E-state index in [9.17, 15) is 24.5 Å². The Kier molecular flexibility index (Phi) is 4.06. The Morgan fingerprint density at radius 1 is 1.43 bits per heavy atom. The second-order valence-electron chi connectivity index (χ2n) is 4.87. The van der Waals surface area contributed by atoms with Crippen molar-refractivity contribution in [2.24, 2.45) is 0 Å². The van der Waals surface area contributed by atoms with Crippen molar-refractivity contribution in [3.63, 3.8) is 0 Å². The van der Waals surface area contributed by atoms with Crippen molar-refractivity contribution in [1.82, 2.24) is 19.5 Å². The summed E-state index contributed by atoms with van der Waals surface area (Å²) < 4.78 is 21.3. The maximum Gasteiger partial charge on any atom is 0.278 e. The molecule has 0 amide bonds. The highest BCUT2D eigenvalue weighted by Gasteiger charge is 2.44. The molecule has 13 heteroatoms. The van der Waals surface area contributed by atoms with Gasteiger partial charge in [0.05, 0.1) is 19.3 Å². The van der Waals surface area contributed by atoms with Gasteiger partial charge in [0.2, 0.25) is 0 Å². The number of phosphoric acid groups is 1. The third-order valence-electron chi connectivity index (χ3n) is 3.38. The molecular weight excluding hydrogens is 335 g/mol. The van der Waals surface area contributed by atoms with Crippen LogP contribution in [0.4, 0.5) is 0 Å². The number of hydrogen-bond acceptors (Lipinski definition) is 9. The number of aliphatic hydroxyl groups excluding tert-OH is 2. The van der Waals surface area contributed by atoms with Gasteiger partial charge in [-0.15, -0.1) is 0 Å². The van der Waals surface area contributed by atoms with Gasteiger partial charge >= 0.3 is 0 Å². The van der Waals surface area contributed by atoms with Crippen molar-refractivity contribution in [2.75, 3.05) is 6.61 Å². The molecule has 2 aromatic heterocycles. The lowest BCUT2D eigenvalue weighted by molar-refractivity contribution is -0.222. The Bertz CT molecular complexity index is 815. The Labute approximate surface area is 127 Å². The Hall–Kier alpha value is -1.66. The van der Waals surface area contributed by atoms with Gasteiger partial charge in [0, 0.05) is 0 Å². The van der Waals surface area contributed by atoms with E-state index < -0.39 is 44.5 Å². The predicted molar refractivity (Wildman–Crippen MR) is 69.8 cm³/mol. The van der Waals surface area contributed by atoms with Crippen molar-refractivity contribution in [3.05, 3.63) is 23.0 Å². The lowest BCUT2D eigenvalue weighted by Crippen LogP contribution is -2.34. The van der Waals surface area contributed by atoms with E-state index in [-0.39, 0.29) is 11.2 Å². The van der Waals surface area contributed by atoms with Gasteiger partial charge in [0.1, 0.15) is 18.3 Å². The second kappa shape index (κ2) is 5.76. The molecule has 1 unspecified atom stereocenters. The number of aliphatic hydroxyl groups is 2. The van der Waals surface area contributed by atoms with E-state index in [0.717, 1.165) is 6.33 Å². The van der Waals surface area contributed by atoms with E-state index in [0.29, 0.717) is 0 Å². The number of aromatic nitrogens is 4. The van der Waals surface area contributed by atoms with Crippen molar-refractivity contribution in [3.8, 4) is 0 Å². The number of nitrogens with one attached hydrogen (secondary N) is 1. The third-order valence-corrected chi connectivity index (χ3v) is 3.85.